The molecule has 13 heteroatoms. The lowest BCUT2D eigenvalue weighted by Gasteiger charge is -2.44. The fourth-order valence-corrected chi connectivity index (χ4v) is 8.30. The molecule has 0 aliphatic heterocycles. The lowest BCUT2D eigenvalue weighted by Crippen LogP contribution is -2.52. The number of nitrogens with one attached hydrogen (secondary N) is 2. The molecule has 2 aromatic heterocycles. The smallest absolute Gasteiger partial charge is 0.232 e. The SMILES string of the molecule is C[C@H](C(=O)Nc1nc2ccc(C#N)cc2n1C1CCC1)C(C)(C)O.C[C@H](C(=O)Nc1nc2ccc(C#N)cc2n1C1CCC1)C(C)(C)O[Si](C)(C)C(C)(C)C. The zero-order chi connectivity index (χ0) is 40.7. The Bertz CT molecular complexity index is 2150. The number of fused-ring (bicyclic) bond motifs is 2. The number of carbonyl (C=O) groups excluding carboxylic acids is 2. The number of hydrogen-bond donors (Lipinski definition) is 3. The summed E-state index contributed by atoms with van der Waals surface area (Å²) >= 11 is 0. The molecule has 0 radical (unpaired) electrons. The van der Waals surface area contributed by atoms with Crippen LogP contribution in [0.1, 0.15) is 124 Å². The Labute approximate surface area is 326 Å². The van der Waals surface area contributed by atoms with E-state index in [-0.39, 0.29) is 28.8 Å². The molecule has 0 bridgehead atoms. The number of imidazole rings is 2. The predicted octanol–water partition coefficient (Wildman–Crippen LogP) is 8.99. The zero-order valence-electron chi connectivity index (χ0n) is 34.4. The number of hydrogen-bond acceptors (Lipinski definition) is 8. The molecule has 2 aliphatic carbocycles. The van der Waals surface area contributed by atoms with Crippen molar-refractivity contribution in [1.82, 2.24) is 19.1 Å². The minimum atomic E-state index is -2.03. The van der Waals surface area contributed by atoms with Crippen LogP contribution in [0.4, 0.5) is 11.9 Å². The Morgan fingerprint density at radius 3 is 1.51 bits per heavy atom. The van der Waals surface area contributed by atoms with Crippen molar-refractivity contribution in [2.24, 2.45) is 11.8 Å². The molecule has 2 heterocycles. The Hall–Kier alpha value is -4.56. The lowest BCUT2D eigenvalue weighted by molar-refractivity contribution is -0.126. The van der Waals surface area contributed by atoms with E-state index in [1.54, 1.807) is 39.0 Å². The molecule has 4 aromatic rings. The van der Waals surface area contributed by atoms with Crippen LogP contribution in [0.3, 0.4) is 0 Å². The summed E-state index contributed by atoms with van der Waals surface area (Å²) in [5.74, 6) is -0.229. The van der Waals surface area contributed by atoms with Crippen molar-refractivity contribution in [2.75, 3.05) is 10.6 Å². The molecule has 12 nitrogen and oxygen atoms in total. The first-order chi connectivity index (χ1) is 25.6. The van der Waals surface area contributed by atoms with Gasteiger partial charge in [0, 0.05) is 12.1 Å². The van der Waals surface area contributed by atoms with Crippen molar-refractivity contribution < 1.29 is 19.1 Å². The van der Waals surface area contributed by atoms with E-state index in [1.807, 2.05) is 43.5 Å². The highest BCUT2D eigenvalue weighted by Crippen LogP contribution is 2.42. The molecule has 0 unspecified atom stereocenters. The van der Waals surface area contributed by atoms with E-state index < -0.39 is 25.4 Å². The molecule has 2 saturated carbocycles. The highest BCUT2D eigenvalue weighted by Gasteiger charge is 2.45. The van der Waals surface area contributed by atoms with E-state index in [2.05, 4.69) is 66.2 Å². The third-order valence-corrected chi connectivity index (χ3v) is 16.8. The monoisotopic (exact) mass is 766 g/mol. The van der Waals surface area contributed by atoms with Gasteiger partial charge in [-0.15, -0.1) is 0 Å². The maximum absolute atomic E-state index is 13.3. The summed E-state index contributed by atoms with van der Waals surface area (Å²) in [5, 5.41) is 34.5. The maximum Gasteiger partial charge on any atom is 0.232 e. The average Bonchev–Trinajstić information content (AvgIpc) is 3.57. The molecule has 0 spiro atoms. The molecule has 55 heavy (non-hydrogen) atoms. The fraction of sp³-hybridized carbons (Fsp3) is 0.571. The van der Waals surface area contributed by atoms with E-state index in [0.29, 0.717) is 29.1 Å². The first kappa shape index (κ1) is 41.6. The van der Waals surface area contributed by atoms with Gasteiger partial charge in [0.25, 0.3) is 0 Å². The largest absolute Gasteiger partial charge is 0.411 e. The number of aliphatic hydroxyl groups is 1. The van der Waals surface area contributed by atoms with Gasteiger partial charge in [-0.05, 0) is 121 Å². The number of anilines is 2. The molecular formula is C42H58N8O4Si. The van der Waals surface area contributed by atoms with Crippen LogP contribution < -0.4 is 10.6 Å². The second kappa shape index (κ2) is 15.5. The minimum absolute atomic E-state index is 0.0666. The number of nitrogens with zero attached hydrogens (tertiary/aromatic N) is 6. The van der Waals surface area contributed by atoms with Crippen molar-refractivity contribution in [3.63, 3.8) is 0 Å². The van der Waals surface area contributed by atoms with Gasteiger partial charge in [-0.1, -0.05) is 34.6 Å². The first-order valence-electron chi connectivity index (χ1n) is 19.5. The van der Waals surface area contributed by atoms with Gasteiger partial charge in [0.2, 0.25) is 23.7 Å². The third kappa shape index (κ3) is 8.80. The van der Waals surface area contributed by atoms with Crippen LogP contribution >= 0.6 is 0 Å². The molecule has 2 fully saturated rings. The van der Waals surface area contributed by atoms with E-state index in [9.17, 15) is 20.0 Å². The van der Waals surface area contributed by atoms with Crippen molar-refractivity contribution in [1.29, 1.82) is 10.5 Å². The summed E-state index contributed by atoms with van der Waals surface area (Å²) in [6, 6.07) is 15.8. The summed E-state index contributed by atoms with van der Waals surface area (Å²) in [4.78, 5) is 35.0. The Morgan fingerprint density at radius 1 is 0.782 bits per heavy atom. The zero-order valence-corrected chi connectivity index (χ0v) is 35.4. The normalized spacial score (nSPS) is 16.5. The van der Waals surface area contributed by atoms with E-state index in [0.717, 1.165) is 54.2 Å². The molecule has 2 aromatic carbocycles. The third-order valence-electron chi connectivity index (χ3n) is 12.2. The highest BCUT2D eigenvalue weighted by molar-refractivity contribution is 6.74. The van der Waals surface area contributed by atoms with Crippen molar-refractivity contribution in [3.05, 3.63) is 47.5 Å². The summed E-state index contributed by atoms with van der Waals surface area (Å²) in [5.41, 5.74) is 2.79. The summed E-state index contributed by atoms with van der Waals surface area (Å²) in [6.07, 6.45) is 6.49. The second-order valence-corrected chi connectivity index (χ2v) is 22.7. The van der Waals surface area contributed by atoms with Crippen LogP contribution in [-0.2, 0) is 14.0 Å². The van der Waals surface area contributed by atoms with Crippen LogP contribution in [0.2, 0.25) is 18.1 Å². The Kier molecular flexibility index (Phi) is 11.7. The van der Waals surface area contributed by atoms with Crippen LogP contribution in [-0.4, -0.2) is 55.5 Å². The van der Waals surface area contributed by atoms with Gasteiger partial charge in [-0.2, -0.15) is 10.5 Å². The number of nitriles is 2. The van der Waals surface area contributed by atoms with Gasteiger partial charge in [0.1, 0.15) is 0 Å². The van der Waals surface area contributed by atoms with Gasteiger partial charge in [0.05, 0.1) is 68.4 Å². The molecule has 294 valence electrons. The van der Waals surface area contributed by atoms with Crippen molar-refractivity contribution >= 4 is 54.1 Å². The van der Waals surface area contributed by atoms with Gasteiger partial charge in [-0.25, -0.2) is 9.97 Å². The van der Waals surface area contributed by atoms with Crippen molar-refractivity contribution in [2.45, 2.75) is 142 Å². The number of aromatic nitrogens is 4. The van der Waals surface area contributed by atoms with Crippen LogP contribution in [0, 0.1) is 34.5 Å². The van der Waals surface area contributed by atoms with Crippen LogP contribution in [0.5, 0.6) is 0 Å². The predicted molar refractivity (Wildman–Crippen MR) is 219 cm³/mol. The van der Waals surface area contributed by atoms with Gasteiger partial charge in [-0.3, -0.25) is 20.2 Å². The standard InChI is InChI=1S/C24H36N4O2Si.C18H22N4O2/c1-16(24(5,6)30-31(7,8)23(2,3)4)21(29)27-22-26-19-13-12-17(15-25)14-20(19)28(22)18-10-9-11-18;1-11(18(2,3)24)16(23)21-17-20-14-8-7-12(10-19)9-15(14)22(17)13-5-4-6-13/h12-14,16,18H,9-11H2,1-8H3,(H,26,27,29);7-9,11,13,24H,4-6H2,1-3H3,(H,20,21,23)/t16-;11-/m11/s1. The minimum Gasteiger partial charge on any atom is -0.411 e. The maximum atomic E-state index is 13.3. The number of carbonyl (C=O) groups is 2. The number of benzene rings is 2. The Morgan fingerprint density at radius 2 is 1.18 bits per heavy atom. The summed E-state index contributed by atoms with van der Waals surface area (Å²) in [6.45, 7) is 21.9. The highest BCUT2D eigenvalue weighted by atomic mass is 28.4. The van der Waals surface area contributed by atoms with E-state index in [1.165, 1.54) is 6.42 Å². The van der Waals surface area contributed by atoms with Gasteiger partial charge in [0.15, 0.2) is 8.32 Å². The van der Waals surface area contributed by atoms with Gasteiger partial charge >= 0.3 is 0 Å². The molecule has 0 saturated heterocycles. The summed E-state index contributed by atoms with van der Waals surface area (Å²) in [7, 11) is -2.03. The van der Waals surface area contributed by atoms with Crippen LogP contribution in [0.15, 0.2) is 36.4 Å². The van der Waals surface area contributed by atoms with E-state index >= 15 is 0 Å². The molecule has 2 aliphatic rings. The average molecular weight is 767 g/mol. The quantitative estimate of drug-likeness (QED) is 0.134. The van der Waals surface area contributed by atoms with Gasteiger partial charge < -0.3 is 18.7 Å². The molecular weight excluding hydrogens is 709 g/mol. The first-order valence-corrected chi connectivity index (χ1v) is 22.4. The second-order valence-electron chi connectivity index (χ2n) is 18.0. The fourth-order valence-electron chi connectivity index (χ4n) is 6.50. The molecule has 2 amide bonds. The molecule has 3 N–H and O–H groups in total. The Balaban J connectivity index is 0.000000218. The summed E-state index contributed by atoms with van der Waals surface area (Å²) < 4.78 is 10.8. The number of rotatable bonds is 10. The van der Waals surface area contributed by atoms with Crippen LogP contribution in [0.25, 0.3) is 22.1 Å². The van der Waals surface area contributed by atoms with E-state index in [4.69, 9.17) is 14.7 Å². The van der Waals surface area contributed by atoms with Crippen molar-refractivity contribution in [3.8, 4) is 12.1 Å². The number of amides is 2. The lowest BCUT2D eigenvalue weighted by atomic mass is 9.92. The molecule has 2 atom stereocenters. The molecule has 6 rings (SSSR count). The topological polar surface area (TPSA) is 171 Å².